The molecule has 0 unspecified atom stereocenters. The number of hydrogen-bond donors (Lipinski definition) is 1. The highest BCUT2D eigenvalue weighted by molar-refractivity contribution is 5.97. The highest BCUT2D eigenvalue weighted by atomic mass is 19.1. The zero-order valence-electron chi connectivity index (χ0n) is 18.2. The second-order valence-electron chi connectivity index (χ2n) is 8.31. The standard InChI is InChI=1S/C27H28FNO3/c1-32-23-15-16-24(25(30)18-23)27-20(8-6-5-7-19-11-13-21(28)14-12-19)17-26(31)29(27)22-9-3-2-4-10-22/h2-4,9-16,18,20,27,30H,5-8,17H2,1H3/t20-,27-/m0/s1. The van der Waals surface area contributed by atoms with E-state index in [0.717, 1.165) is 42.5 Å². The summed E-state index contributed by atoms with van der Waals surface area (Å²) in [7, 11) is 1.56. The lowest BCUT2D eigenvalue weighted by molar-refractivity contribution is -0.117. The molecule has 4 rings (SSSR count). The van der Waals surface area contributed by atoms with Crippen LogP contribution in [0.1, 0.15) is 42.9 Å². The lowest BCUT2D eigenvalue weighted by Gasteiger charge is -2.29. The van der Waals surface area contributed by atoms with Crippen molar-refractivity contribution in [2.45, 2.75) is 38.1 Å². The summed E-state index contributed by atoms with van der Waals surface area (Å²) in [5.41, 5.74) is 2.69. The molecule has 32 heavy (non-hydrogen) atoms. The van der Waals surface area contributed by atoms with E-state index in [1.54, 1.807) is 13.2 Å². The normalized spacial score (nSPS) is 18.2. The summed E-state index contributed by atoms with van der Waals surface area (Å²) in [6.07, 6.45) is 4.10. The molecule has 0 aliphatic carbocycles. The summed E-state index contributed by atoms with van der Waals surface area (Å²) in [4.78, 5) is 14.9. The Hall–Kier alpha value is -3.34. The molecule has 166 valence electrons. The molecule has 1 amide bonds. The van der Waals surface area contributed by atoms with Gasteiger partial charge in [-0.1, -0.05) is 36.8 Å². The van der Waals surface area contributed by atoms with Crippen molar-refractivity contribution in [2.75, 3.05) is 12.0 Å². The highest BCUT2D eigenvalue weighted by Crippen LogP contribution is 2.46. The van der Waals surface area contributed by atoms with Crippen LogP contribution in [0.5, 0.6) is 11.5 Å². The predicted molar refractivity (Wildman–Crippen MR) is 123 cm³/mol. The molecule has 1 fully saturated rings. The Morgan fingerprint density at radius 3 is 2.47 bits per heavy atom. The number of rotatable bonds is 8. The summed E-state index contributed by atoms with van der Waals surface area (Å²) in [6.45, 7) is 0. The van der Waals surface area contributed by atoms with E-state index in [2.05, 4.69) is 0 Å². The minimum Gasteiger partial charge on any atom is -0.507 e. The number of amides is 1. The van der Waals surface area contributed by atoms with Gasteiger partial charge in [-0.05, 0) is 67.1 Å². The van der Waals surface area contributed by atoms with Crippen molar-refractivity contribution in [1.29, 1.82) is 0 Å². The quantitative estimate of drug-likeness (QED) is 0.440. The van der Waals surface area contributed by atoms with Gasteiger partial charge in [-0.3, -0.25) is 4.79 Å². The van der Waals surface area contributed by atoms with E-state index in [1.165, 1.54) is 12.1 Å². The first-order valence-electron chi connectivity index (χ1n) is 11.1. The van der Waals surface area contributed by atoms with Gasteiger partial charge < -0.3 is 14.7 Å². The Morgan fingerprint density at radius 1 is 1.03 bits per heavy atom. The molecule has 0 spiro atoms. The lowest BCUT2D eigenvalue weighted by Crippen LogP contribution is -2.28. The number of phenolic OH excluding ortho intramolecular Hbond substituents is 1. The molecule has 1 saturated heterocycles. The fourth-order valence-electron chi connectivity index (χ4n) is 4.63. The molecule has 1 N–H and O–H groups in total. The number of para-hydroxylation sites is 1. The molecule has 0 aromatic heterocycles. The first-order valence-corrected chi connectivity index (χ1v) is 11.1. The number of aromatic hydroxyl groups is 1. The lowest BCUT2D eigenvalue weighted by atomic mass is 9.88. The van der Waals surface area contributed by atoms with Crippen LogP contribution in [0, 0.1) is 11.7 Å². The zero-order valence-corrected chi connectivity index (χ0v) is 18.2. The van der Waals surface area contributed by atoms with Crippen LogP contribution in [0.4, 0.5) is 10.1 Å². The van der Waals surface area contributed by atoms with Gasteiger partial charge in [0.15, 0.2) is 0 Å². The van der Waals surface area contributed by atoms with Crippen LogP contribution in [-0.2, 0) is 11.2 Å². The Balaban J connectivity index is 1.53. The van der Waals surface area contributed by atoms with Crippen molar-refractivity contribution >= 4 is 11.6 Å². The molecule has 2 atom stereocenters. The van der Waals surface area contributed by atoms with E-state index in [0.29, 0.717) is 12.2 Å². The molecule has 3 aromatic carbocycles. The summed E-state index contributed by atoms with van der Waals surface area (Å²) >= 11 is 0. The van der Waals surface area contributed by atoms with Crippen LogP contribution in [0.2, 0.25) is 0 Å². The average Bonchev–Trinajstić information content (AvgIpc) is 3.14. The van der Waals surface area contributed by atoms with Crippen molar-refractivity contribution < 1.29 is 19.0 Å². The monoisotopic (exact) mass is 433 g/mol. The minimum atomic E-state index is -0.235. The van der Waals surface area contributed by atoms with Gasteiger partial charge in [0.05, 0.1) is 13.2 Å². The number of halogens is 1. The molecule has 0 saturated carbocycles. The molecule has 1 aliphatic rings. The fraction of sp³-hybridized carbons (Fsp3) is 0.296. The van der Waals surface area contributed by atoms with Crippen LogP contribution in [0.3, 0.4) is 0 Å². The average molecular weight is 434 g/mol. The number of unbranched alkanes of at least 4 members (excludes halogenated alkanes) is 1. The molecule has 4 nitrogen and oxygen atoms in total. The number of aryl methyl sites for hydroxylation is 1. The molecule has 1 aliphatic heterocycles. The minimum absolute atomic E-state index is 0.0694. The van der Waals surface area contributed by atoms with Gasteiger partial charge in [-0.15, -0.1) is 0 Å². The number of phenols is 1. The largest absolute Gasteiger partial charge is 0.507 e. The Morgan fingerprint density at radius 2 is 1.78 bits per heavy atom. The second-order valence-corrected chi connectivity index (χ2v) is 8.31. The summed E-state index contributed by atoms with van der Waals surface area (Å²) in [6, 6.07) is 21.3. The van der Waals surface area contributed by atoms with Gasteiger partial charge in [0, 0.05) is 23.7 Å². The predicted octanol–water partition coefficient (Wildman–Crippen LogP) is 6.05. The molecular formula is C27H28FNO3. The van der Waals surface area contributed by atoms with E-state index >= 15 is 0 Å². The Labute approximate surface area is 188 Å². The number of anilines is 1. The van der Waals surface area contributed by atoms with E-state index < -0.39 is 0 Å². The number of carbonyl (C=O) groups is 1. The van der Waals surface area contributed by atoms with E-state index in [-0.39, 0.29) is 29.4 Å². The van der Waals surface area contributed by atoms with Crippen molar-refractivity contribution in [3.63, 3.8) is 0 Å². The number of nitrogens with zero attached hydrogens (tertiary/aromatic N) is 1. The zero-order chi connectivity index (χ0) is 22.5. The van der Waals surface area contributed by atoms with Gasteiger partial charge in [0.1, 0.15) is 17.3 Å². The van der Waals surface area contributed by atoms with Gasteiger partial charge in [-0.2, -0.15) is 0 Å². The van der Waals surface area contributed by atoms with Crippen LogP contribution in [0.25, 0.3) is 0 Å². The highest BCUT2D eigenvalue weighted by Gasteiger charge is 2.42. The maximum atomic E-state index is 13.1. The fourth-order valence-corrected chi connectivity index (χ4v) is 4.63. The number of benzene rings is 3. The Bertz CT molecular complexity index is 1050. The summed E-state index contributed by atoms with van der Waals surface area (Å²) in [5, 5.41) is 10.7. The smallest absolute Gasteiger partial charge is 0.227 e. The van der Waals surface area contributed by atoms with Crippen molar-refractivity contribution in [3.8, 4) is 11.5 Å². The SMILES string of the molecule is COc1ccc([C@@H]2[C@@H](CCCCc3ccc(F)cc3)CC(=O)N2c2ccccc2)c(O)c1. The van der Waals surface area contributed by atoms with E-state index in [1.807, 2.05) is 59.5 Å². The molecule has 5 heteroatoms. The van der Waals surface area contributed by atoms with Crippen molar-refractivity contribution in [3.05, 3.63) is 89.7 Å². The van der Waals surface area contributed by atoms with Crippen LogP contribution in [0.15, 0.2) is 72.8 Å². The Kier molecular flexibility index (Phi) is 6.74. The topological polar surface area (TPSA) is 49.8 Å². The molecule has 1 heterocycles. The van der Waals surface area contributed by atoms with Crippen LogP contribution in [-0.4, -0.2) is 18.1 Å². The van der Waals surface area contributed by atoms with E-state index in [9.17, 15) is 14.3 Å². The third-order valence-electron chi connectivity index (χ3n) is 6.22. The van der Waals surface area contributed by atoms with Crippen molar-refractivity contribution in [2.24, 2.45) is 5.92 Å². The number of ether oxygens (including phenoxy) is 1. The van der Waals surface area contributed by atoms with Crippen molar-refractivity contribution in [1.82, 2.24) is 0 Å². The summed E-state index contributed by atoms with van der Waals surface area (Å²) in [5.74, 6) is 0.663. The van der Waals surface area contributed by atoms with E-state index in [4.69, 9.17) is 4.74 Å². The maximum Gasteiger partial charge on any atom is 0.227 e. The van der Waals surface area contributed by atoms with Crippen LogP contribution < -0.4 is 9.64 Å². The maximum absolute atomic E-state index is 13.1. The third kappa shape index (κ3) is 4.77. The molecule has 0 bridgehead atoms. The first-order chi connectivity index (χ1) is 15.6. The molecule has 3 aromatic rings. The third-order valence-corrected chi connectivity index (χ3v) is 6.22. The van der Waals surface area contributed by atoms with Gasteiger partial charge >= 0.3 is 0 Å². The summed E-state index contributed by atoms with van der Waals surface area (Å²) < 4.78 is 18.3. The number of hydrogen-bond acceptors (Lipinski definition) is 3. The first kappa shape index (κ1) is 21.9. The van der Waals surface area contributed by atoms with Crippen LogP contribution >= 0.6 is 0 Å². The van der Waals surface area contributed by atoms with Gasteiger partial charge in [-0.25, -0.2) is 4.39 Å². The molecule has 0 radical (unpaired) electrons. The van der Waals surface area contributed by atoms with Gasteiger partial charge in [0.2, 0.25) is 5.91 Å². The van der Waals surface area contributed by atoms with Gasteiger partial charge in [0.25, 0.3) is 0 Å². The second kappa shape index (κ2) is 9.86. The number of methoxy groups -OCH3 is 1. The number of carbonyl (C=O) groups excluding carboxylic acids is 1. The molecular weight excluding hydrogens is 405 g/mol.